The molecule has 0 radical (unpaired) electrons. The highest BCUT2D eigenvalue weighted by molar-refractivity contribution is 5.70. The van der Waals surface area contributed by atoms with E-state index in [1.54, 1.807) is 9.80 Å². The molecule has 1 fully saturated rings. The average molecular weight is 365 g/mol. The highest BCUT2D eigenvalue weighted by atomic mass is 16.4. The first-order valence-electron chi connectivity index (χ1n) is 8.21. The monoisotopic (exact) mass is 365 g/mol. The molecule has 0 atom stereocenters. The van der Waals surface area contributed by atoms with Crippen LogP contribution in [-0.4, -0.2) is 88.8 Å². The van der Waals surface area contributed by atoms with E-state index < -0.39 is 23.4 Å². The van der Waals surface area contributed by atoms with Gasteiger partial charge in [0, 0.05) is 26.2 Å². The van der Waals surface area contributed by atoms with Gasteiger partial charge in [-0.15, -0.1) is 0 Å². The van der Waals surface area contributed by atoms with E-state index in [9.17, 15) is 14.4 Å². The minimum absolute atomic E-state index is 0.204. The van der Waals surface area contributed by atoms with Gasteiger partial charge in [0.15, 0.2) is 0 Å². The first kappa shape index (κ1) is 19.8. The van der Waals surface area contributed by atoms with Crippen molar-refractivity contribution < 1.29 is 29.7 Å². The molecule has 142 valence electrons. The van der Waals surface area contributed by atoms with Crippen LogP contribution >= 0.6 is 0 Å². The number of carboxylic acid groups (broad SMARTS) is 3. The number of aliphatic carboxylic acids is 3. The molecule has 0 bridgehead atoms. The summed E-state index contributed by atoms with van der Waals surface area (Å²) in [5.74, 6) is -3.02. The molecule has 2 rings (SSSR count). The fourth-order valence-corrected chi connectivity index (χ4v) is 3.31. The summed E-state index contributed by atoms with van der Waals surface area (Å²) in [6, 6.07) is 9.12. The highest BCUT2D eigenvalue weighted by Crippen LogP contribution is 2.26. The summed E-state index contributed by atoms with van der Waals surface area (Å²) in [6.07, 6.45) is 0. The molecule has 1 heterocycles. The first-order valence-corrected chi connectivity index (χ1v) is 8.21. The summed E-state index contributed by atoms with van der Waals surface area (Å²) in [6.45, 7) is 0.538. The van der Waals surface area contributed by atoms with Crippen molar-refractivity contribution in [2.45, 2.75) is 5.54 Å². The van der Waals surface area contributed by atoms with E-state index in [2.05, 4.69) is 5.32 Å². The second-order valence-corrected chi connectivity index (χ2v) is 6.40. The Morgan fingerprint density at radius 3 is 1.81 bits per heavy atom. The molecule has 9 nitrogen and oxygen atoms in total. The van der Waals surface area contributed by atoms with Crippen LogP contribution in [0.1, 0.15) is 5.56 Å². The summed E-state index contributed by atoms with van der Waals surface area (Å²) in [5, 5.41) is 30.5. The van der Waals surface area contributed by atoms with Crippen molar-refractivity contribution >= 4 is 17.9 Å². The Morgan fingerprint density at radius 1 is 0.885 bits per heavy atom. The van der Waals surface area contributed by atoms with Crippen molar-refractivity contribution in [1.82, 2.24) is 15.1 Å². The van der Waals surface area contributed by atoms with Gasteiger partial charge in [-0.25, -0.2) is 0 Å². The minimum atomic E-state index is -1.04. The van der Waals surface area contributed by atoms with E-state index >= 15 is 0 Å². The largest absolute Gasteiger partial charge is 0.480 e. The standard InChI is InChI=1S/C17H23N3O6/c21-14(22)8-18-17(13-4-2-1-3-5-13)11-19(9-15(23)24)6-7-20(12-17)10-16(25)26/h1-5,18H,6-12H2,(H,21,22)(H,23,24)(H,25,26). The van der Waals surface area contributed by atoms with Crippen LogP contribution in [0.25, 0.3) is 0 Å². The number of hydrogen-bond donors (Lipinski definition) is 4. The Balaban J connectivity index is 2.40. The van der Waals surface area contributed by atoms with Crippen molar-refractivity contribution in [3.63, 3.8) is 0 Å². The van der Waals surface area contributed by atoms with Crippen molar-refractivity contribution in [3.8, 4) is 0 Å². The fourth-order valence-electron chi connectivity index (χ4n) is 3.31. The molecule has 0 saturated carbocycles. The predicted molar refractivity (Wildman–Crippen MR) is 91.9 cm³/mol. The zero-order valence-electron chi connectivity index (χ0n) is 14.3. The van der Waals surface area contributed by atoms with Crippen LogP contribution in [0.2, 0.25) is 0 Å². The van der Waals surface area contributed by atoms with E-state index in [-0.39, 0.29) is 32.7 Å². The molecule has 0 aliphatic carbocycles. The van der Waals surface area contributed by atoms with Gasteiger partial charge in [0.25, 0.3) is 0 Å². The van der Waals surface area contributed by atoms with Gasteiger partial charge in [-0.3, -0.25) is 29.5 Å². The minimum Gasteiger partial charge on any atom is -0.480 e. The van der Waals surface area contributed by atoms with Gasteiger partial charge in [0.1, 0.15) is 0 Å². The van der Waals surface area contributed by atoms with Gasteiger partial charge in [-0.2, -0.15) is 0 Å². The van der Waals surface area contributed by atoms with Gasteiger partial charge in [-0.1, -0.05) is 30.3 Å². The number of rotatable bonds is 8. The van der Waals surface area contributed by atoms with Crippen LogP contribution in [0.5, 0.6) is 0 Å². The van der Waals surface area contributed by atoms with Crippen molar-refractivity contribution in [1.29, 1.82) is 0 Å². The predicted octanol–water partition coefficient (Wildman–Crippen LogP) is -0.657. The maximum absolute atomic E-state index is 11.2. The van der Waals surface area contributed by atoms with E-state index in [0.29, 0.717) is 13.1 Å². The molecule has 0 amide bonds. The third kappa shape index (κ3) is 5.51. The van der Waals surface area contributed by atoms with Gasteiger partial charge in [-0.05, 0) is 5.56 Å². The van der Waals surface area contributed by atoms with Crippen molar-refractivity contribution in [2.24, 2.45) is 0 Å². The zero-order valence-corrected chi connectivity index (χ0v) is 14.3. The third-order valence-electron chi connectivity index (χ3n) is 4.34. The molecule has 1 aliphatic rings. The summed E-state index contributed by atoms with van der Waals surface area (Å²) in [4.78, 5) is 36.9. The average Bonchev–Trinajstić information content (AvgIpc) is 2.73. The molecule has 1 aliphatic heterocycles. The number of hydrogen-bond acceptors (Lipinski definition) is 6. The number of benzene rings is 1. The van der Waals surface area contributed by atoms with E-state index in [1.807, 2.05) is 30.3 Å². The smallest absolute Gasteiger partial charge is 0.317 e. The third-order valence-corrected chi connectivity index (χ3v) is 4.34. The molecular formula is C17H23N3O6. The van der Waals surface area contributed by atoms with E-state index in [0.717, 1.165) is 5.56 Å². The molecule has 1 aromatic carbocycles. The van der Waals surface area contributed by atoms with Gasteiger partial charge < -0.3 is 15.3 Å². The molecule has 26 heavy (non-hydrogen) atoms. The molecule has 0 aromatic heterocycles. The number of nitrogens with zero attached hydrogens (tertiary/aromatic N) is 2. The van der Waals surface area contributed by atoms with Crippen molar-refractivity contribution in [2.75, 3.05) is 45.8 Å². The lowest BCUT2D eigenvalue weighted by atomic mass is 9.88. The maximum atomic E-state index is 11.2. The Morgan fingerprint density at radius 2 is 1.38 bits per heavy atom. The van der Waals surface area contributed by atoms with E-state index in [4.69, 9.17) is 15.3 Å². The normalized spacial score (nSPS) is 18.2. The quantitative estimate of drug-likeness (QED) is 0.474. The van der Waals surface area contributed by atoms with Gasteiger partial charge >= 0.3 is 17.9 Å². The zero-order chi connectivity index (χ0) is 19.2. The summed E-state index contributed by atoms with van der Waals surface area (Å²) < 4.78 is 0. The first-order chi connectivity index (χ1) is 12.3. The Hall–Kier alpha value is -2.49. The molecule has 1 saturated heterocycles. The summed E-state index contributed by atoms with van der Waals surface area (Å²) >= 11 is 0. The lowest BCUT2D eigenvalue weighted by Crippen LogP contribution is -2.56. The molecule has 9 heteroatoms. The number of carboxylic acids is 3. The molecular weight excluding hydrogens is 342 g/mol. The second-order valence-electron chi connectivity index (χ2n) is 6.40. The fraction of sp³-hybridized carbons (Fsp3) is 0.471. The van der Waals surface area contributed by atoms with E-state index in [1.165, 1.54) is 0 Å². The SMILES string of the molecule is O=C(O)CNC1(c2ccccc2)CN(CC(=O)O)CCN(CC(=O)O)C1. The topological polar surface area (TPSA) is 130 Å². The highest BCUT2D eigenvalue weighted by Gasteiger charge is 2.39. The Kier molecular flexibility index (Phi) is 6.67. The van der Waals surface area contributed by atoms with Crippen molar-refractivity contribution in [3.05, 3.63) is 35.9 Å². The lowest BCUT2D eigenvalue weighted by Gasteiger charge is -2.38. The van der Waals surface area contributed by atoms with Crippen LogP contribution in [-0.2, 0) is 19.9 Å². The van der Waals surface area contributed by atoms with Crippen LogP contribution in [0, 0.1) is 0 Å². The van der Waals surface area contributed by atoms with Gasteiger partial charge in [0.05, 0.1) is 25.2 Å². The summed E-state index contributed by atoms with van der Waals surface area (Å²) in [5.41, 5.74) is -0.116. The van der Waals surface area contributed by atoms with Crippen LogP contribution in [0.4, 0.5) is 0 Å². The second kappa shape index (κ2) is 8.75. The van der Waals surface area contributed by atoms with Crippen LogP contribution in [0.3, 0.4) is 0 Å². The van der Waals surface area contributed by atoms with Gasteiger partial charge in [0.2, 0.25) is 0 Å². The number of carbonyl (C=O) groups is 3. The molecule has 0 spiro atoms. The molecule has 0 unspecified atom stereocenters. The Labute approximate surface area is 150 Å². The lowest BCUT2D eigenvalue weighted by molar-refractivity contribution is -0.139. The summed E-state index contributed by atoms with van der Waals surface area (Å²) in [7, 11) is 0. The maximum Gasteiger partial charge on any atom is 0.317 e. The van der Waals surface area contributed by atoms with Crippen LogP contribution < -0.4 is 5.32 Å². The van der Waals surface area contributed by atoms with Crippen LogP contribution in [0.15, 0.2) is 30.3 Å². The molecule has 1 aromatic rings. The molecule has 4 N–H and O–H groups in total. The number of nitrogens with one attached hydrogen (secondary N) is 1. The Bertz CT molecular complexity index is 625.